The summed E-state index contributed by atoms with van der Waals surface area (Å²) in [6.45, 7) is 8.25. The van der Waals surface area contributed by atoms with Gasteiger partial charge in [0.05, 0.1) is 0 Å². The van der Waals surface area contributed by atoms with Crippen molar-refractivity contribution < 1.29 is 40.9 Å². The summed E-state index contributed by atoms with van der Waals surface area (Å²) in [4.78, 5) is 0. The van der Waals surface area contributed by atoms with Crippen molar-refractivity contribution in [1.29, 1.82) is 0 Å². The van der Waals surface area contributed by atoms with Crippen LogP contribution in [0, 0.1) is 0 Å². The number of phenols is 8. The lowest BCUT2D eigenvalue weighted by Crippen LogP contribution is -2.11. The van der Waals surface area contributed by atoms with Gasteiger partial charge in [-0.2, -0.15) is 0 Å². The molecule has 4 aromatic carbocycles. The van der Waals surface area contributed by atoms with Crippen LogP contribution >= 0.6 is 0 Å². The van der Waals surface area contributed by atoms with Crippen LogP contribution in [0.4, 0.5) is 0 Å². The van der Waals surface area contributed by atoms with Gasteiger partial charge in [-0.1, -0.05) is 85.1 Å². The summed E-state index contributed by atoms with van der Waals surface area (Å²) in [6, 6.07) is 12.7. The third kappa shape index (κ3) is 7.71. The Bertz CT molecular complexity index is 1860. The van der Waals surface area contributed by atoms with Crippen LogP contribution in [0.15, 0.2) is 48.5 Å². The Morgan fingerprint density at radius 3 is 0.942 bits per heavy atom. The van der Waals surface area contributed by atoms with E-state index < -0.39 is 23.7 Å². The maximum atomic E-state index is 11.5. The van der Waals surface area contributed by atoms with Crippen LogP contribution in [0.2, 0.25) is 0 Å². The first-order chi connectivity index (χ1) is 24.9. The minimum atomic E-state index is -0.580. The summed E-state index contributed by atoms with van der Waals surface area (Å²) >= 11 is 0. The molecule has 4 unspecified atom stereocenters. The zero-order chi connectivity index (χ0) is 37.7. The molecule has 1 aliphatic carbocycles. The van der Waals surface area contributed by atoms with Gasteiger partial charge in [0.2, 0.25) is 0 Å². The van der Waals surface area contributed by atoms with Crippen LogP contribution in [-0.2, 0) is 0 Å². The molecule has 4 aromatic rings. The zero-order valence-corrected chi connectivity index (χ0v) is 31.0. The minimum Gasteiger partial charge on any atom is -0.508 e. The maximum Gasteiger partial charge on any atom is 0.161 e. The van der Waals surface area contributed by atoms with Gasteiger partial charge < -0.3 is 40.9 Å². The van der Waals surface area contributed by atoms with E-state index in [1.807, 2.05) is 6.07 Å². The van der Waals surface area contributed by atoms with Crippen LogP contribution < -0.4 is 0 Å². The molecule has 8 N–H and O–H groups in total. The van der Waals surface area contributed by atoms with Gasteiger partial charge in [0.1, 0.15) is 34.5 Å². The van der Waals surface area contributed by atoms with E-state index in [-0.39, 0.29) is 46.0 Å². The van der Waals surface area contributed by atoms with E-state index in [0.717, 1.165) is 51.4 Å². The molecule has 8 heteroatoms. The Morgan fingerprint density at radius 1 is 0.327 bits per heavy atom. The molecule has 0 amide bonds. The third-order valence-corrected chi connectivity index (χ3v) is 11.1. The normalized spacial score (nSPS) is 18.4. The Labute approximate surface area is 307 Å². The summed E-state index contributed by atoms with van der Waals surface area (Å²) in [5, 5.41) is 91.7. The van der Waals surface area contributed by atoms with Crippen molar-refractivity contribution in [3.8, 4) is 46.0 Å². The standard InChI is InChI=1S/C44H56O8/c1-5-9-13-26-25-17-36(44(52)43(51)18-25)29(16-12-8-4)35-21-34(41(49)24-42(35)50)28(15-11-7-3)33-20-32(39(47)23-40(33)48)27(14-10-6-2)31-19-30(26)37(45)22-38(31)46/h17-24,26-29,45-52H,5-16H2,1-4H3. The van der Waals surface area contributed by atoms with Gasteiger partial charge in [-0.15, -0.1) is 0 Å². The van der Waals surface area contributed by atoms with Crippen LogP contribution in [-0.4, -0.2) is 40.9 Å². The number of rotatable bonds is 12. The van der Waals surface area contributed by atoms with Crippen molar-refractivity contribution >= 4 is 0 Å². The predicted molar refractivity (Wildman–Crippen MR) is 205 cm³/mol. The van der Waals surface area contributed by atoms with Gasteiger partial charge in [0.15, 0.2) is 11.5 Å². The second kappa shape index (κ2) is 16.7. The minimum absolute atomic E-state index is 0.106. The van der Waals surface area contributed by atoms with Gasteiger partial charge in [0, 0.05) is 80.8 Å². The van der Waals surface area contributed by atoms with Crippen LogP contribution in [0.25, 0.3) is 0 Å². The van der Waals surface area contributed by atoms with E-state index in [2.05, 4.69) is 27.7 Å². The van der Waals surface area contributed by atoms with Crippen LogP contribution in [0.5, 0.6) is 46.0 Å². The maximum absolute atomic E-state index is 11.5. The summed E-state index contributed by atoms with van der Waals surface area (Å²) in [5.41, 5.74) is 4.12. The third-order valence-electron chi connectivity index (χ3n) is 11.1. The monoisotopic (exact) mass is 712 g/mol. The molecule has 1 aliphatic rings. The molecule has 52 heavy (non-hydrogen) atoms. The molecular weight excluding hydrogens is 656 g/mol. The fourth-order valence-corrected chi connectivity index (χ4v) is 8.21. The van der Waals surface area contributed by atoms with E-state index in [1.54, 1.807) is 18.2 Å². The molecule has 0 saturated carbocycles. The van der Waals surface area contributed by atoms with Gasteiger partial charge >= 0.3 is 0 Å². The Morgan fingerprint density at radius 2 is 0.615 bits per heavy atom. The molecule has 0 spiro atoms. The quantitative estimate of drug-likeness (QED) is 0.0673. The lowest BCUT2D eigenvalue weighted by atomic mass is 9.76. The Balaban J connectivity index is 1.95. The Hall–Kier alpha value is -4.72. The van der Waals surface area contributed by atoms with E-state index in [4.69, 9.17) is 0 Å². The smallest absolute Gasteiger partial charge is 0.161 e. The van der Waals surface area contributed by atoms with Crippen molar-refractivity contribution in [2.24, 2.45) is 0 Å². The van der Waals surface area contributed by atoms with Crippen LogP contribution in [0.3, 0.4) is 0 Å². The lowest BCUT2D eigenvalue weighted by Gasteiger charge is -2.29. The summed E-state index contributed by atoms with van der Waals surface area (Å²) in [6.07, 6.45) is 8.67. The molecule has 4 atom stereocenters. The summed E-state index contributed by atoms with van der Waals surface area (Å²) in [5.74, 6) is -3.49. The number of phenolic OH excluding ortho intramolecular Hbond substituents is 8. The van der Waals surface area contributed by atoms with E-state index in [1.165, 1.54) is 24.3 Å². The van der Waals surface area contributed by atoms with Crippen molar-refractivity contribution in [3.05, 3.63) is 93.0 Å². The van der Waals surface area contributed by atoms with Gasteiger partial charge in [-0.25, -0.2) is 0 Å². The summed E-state index contributed by atoms with van der Waals surface area (Å²) in [7, 11) is 0. The number of unbranched alkanes of at least 4 members (excludes halogenated alkanes) is 4. The number of fused-ring (bicyclic) bond motifs is 8. The van der Waals surface area contributed by atoms with Gasteiger partial charge in [0.25, 0.3) is 0 Å². The van der Waals surface area contributed by atoms with Gasteiger partial charge in [-0.05, 0) is 55.5 Å². The first-order valence-corrected chi connectivity index (χ1v) is 19.2. The highest BCUT2D eigenvalue weighted by Crippen LogP contribution is 2.52. The fraction of sp³-hybridized carbons (Fsp3) is 0.455. The Kier molecular flexibility index (Phi) is 12.4. The first kappa shape index (κ1) is 38.5. The first-order valence-electron chi connectivity index (χ1n) is 19.2. The van der Waals surface area contributed by atoms with Gasteiger partial charge in [-0.3, -0.25) is 0 Å². The van der Waals surface area contributed by atoms with Crippen molar-refractivity contribution in [2.75, 3.05) is 0 Å². The molecule has 0 heterocycles. The number of hydrogen-bond donors (Lipinski definition) is 8. The molecule has 280 valence electrons. The molecule has 8 bridgehead atoms. The molecule has 0 radical (unpaired) electrons. The lowest BCUT2D eigenvalue weighted by molar-refractivity contribution is 0.393. The SMILES string of the molecule is CCCCC1c2cc(O)c(O)c(c2)C(CCCC)c2cc(c(O)cc2O)C(CCCC)c2cc(c(O)cc2O)C(CCCC)c2cc1c(O)cc2O. The highest BCUT2D eigenvalue weighted by molar-refractivity contribution is 5.62. The van der Waals surface area contributed by atoms with E-state index in [9.17, 15) is 40.9 Å². The van der Waals surface area contributed by atoms with E-state index in [0.29, 0.717) is 70.2 Å². The van der Waals surface area contributed by atoms with Crippen molar-refractivity contribution in [1.82, 2.24) is 0 Å². The fourth-order valence-electron chi connectivity index (χ4n) is 8.21. The predicted octanol–water partition coefficient (Wildman–Crippen LogP) is 10.9. The summed E-state index contributed by atoms with van der Waals surface area (Å²) < 4.78 is 0. The highest BCUT2D eigenvalue weighted by atomic mass is 16.3. The molecule has 5 rings (SSSR count). The molecule has 0 aromatic heterocycles. The average Bonchev–Trinajstić information content (AvgIpc) is 3.10. The second-order valence-corrected chi connectivity index (χ2v) is 14.7. The number of benzene rings is 4. The molecule has 0 aliphatic heterocycles. The highest BCUT2D eigenvalue weighted by Gasteiger charge is 2.32. The molecule has 0 fully saturated rings. The largest absolute Gasteiger partial charge is 0.508 e. The number of aromatic hydroxyl groups is 8. The molecule has 0 saturated heterocycles. The second-order valence-electron chi connectivity index (χ2n) is 14.7. The topological polar surface area (TPSA) is 162 Å². The van der Waals surface area contributed by atoms with Crippen molar-refractivity contribution in [3.63, 3.8) is 0 Å². The van der Waals surface area contributed by atoms with Crippen molar-refractivity contribution in [2.45, 2.75) is 128 Å². The average molecular weight is 713 g/mol. The van der Waals surface area contributed by atoms with E-state index >= 15 is 0 Å². The van der Waals surface area contributed by atoms with Crippen LogP contribution in [0.1, 0.15) is 173 Å². The molecular formula is C44H56O8. The number of hydrogen-bond acceptors (Lipinski definition) is 8. The zero-order valence-electron chi connectivity index (χ0n) is 31.0. The molecule has 8 nitrogen and oxygen atoms in total.